The Hall–Kier alpha value is -4.28. The van der Waals surface area contributed by atoms with Crippen LogP contribution in [-0.4, -0.2) is 70.7 Å². The minimum Gasteiger partial charge on any atom is -0.497 e. The van der Waals surface area contributed by atoms with Crippen LogP contribution in [0.25, 0.3) is 16.6 Å². The van der Waals surface area contributed by atoms with Crippen LogP contribution >= 0.6 is 0 Å². The fraction of sp³-hybridized carbons (Fsp3) is 0.258. The molecular weight excluding hydrogens is 540 g/mol. The second-order valence-electron chi connectivity index (χ2n) is 9.74. The fourth-order valence-corrected chi connectivity index (χ4v) is 6.28. The van der Waals surface area contributed by atoms with Crippen LogP contribution in [0.2, 0.25) is 0 Å². The molecule has 1 saturated heterocycles. The molecule has 3 aromatic carbocycles. The van der Waals surface area contributed by atoms with Gasteiger partial charge in [0, 0.05) is 67.2 Å². The average Bonchev–Trinajstić information content (AvgIpc) is 3.01. The van der Waals surface area contributed by atoms with Crippen LogP contribution in [0.4, 0.5) is 5.69 Å². The largest absolute Gasteiger partial charge is 0.497 e. The molecule has 0 atom stereocenters. The first-order chi connectivity index (χ1) is 19.8. The highest BCUT2D eigenvalue weighted by atomic mass is 32.2. The zero-order valence-electron chi connectivity index (χ0n) is 23.5. The van der Waals surface area contributed by atoms with Crippen LogP contribution in [0, 0.1) is 0 Å². The number of para-hydroxylation sites is 1. The van der Waals surface area contributed by atoms with E-state index in [0.29, 0.717) is 17.0 Å². The first-order valence-electron chi connectivity index (χ1n) is 13.2. The van der Waals surface area contributed by atoms with Crippen LogP contribution in [0.3, 0.4) is 0 Å². The molecule has 41 heavy (non-hydrogen) atoms. The number of hydrogen-bond acceptors (Lipinski definition) is 8. The molecule has 5 rings (SSSR count). The number of rotatable bonds is 10. The van der Waals surface area contributed by atoms with Gasteiger partial charge in [-0.3, -0.25) is 14.6 Å². The minimum atomic E-state index is -3.91. The number of benzene rings is 3. The maximum atomic E-state index is 13.3. The van der Waals surface area contributed by atoms with Crippen molar-refractivity contribution in [2.75, 3.05) is 52.2 Å². The second kappa shape index (κ2) is 12.1. The fourth-order valence-electron chi connectivity index (χ4n) is 5.03. The van der Waals surface area contributed by atoms with Crippen molar-refractivity contribution in [3.8, 4) is 17.2 Å². The van der Waals surface area contributed by atoms with E-state index in [9.17, 15) is 8.42 Å². The Morgan fingerprint density at radius 3 is 2.39 bits per heavy atom. The summed E-state index contributed by atoms with van der Waals surface area (Å²) >= 11 is 0. The van der Waals surface area contributed by atoms with Crippen LogP contribution in [0.5, 0.6) is 17.2 Å². The van der Waals surface area contributed by atoms with Crippen molar-refractivity contribution in [2.24, 2.45) is 0 Å². The maximum absolute atomic E-state index is 13.3. The number of nitrogens with one attached hydrogen (secondary N) is 1. The lowest BCUT2D eigenvalue weighted by atomic mass is 10.1. The molecule has 0 saturated carbocycles. The standard InChI is InChI=1S/C31H34N4O5S/c1-22(35-17-15-34(16-18-35)21-25-10-12-26(38-2)20-28(25)39-3)24-11-13-27(29(19-24)40-4)33-41(36,37)30-9-5-7-23-8-6-14-32-31(23)30/h5-14,19-20,33H,1,15-18,21H2,2-4H3. The van der Waals surface area contributed by atoms with E-state index in [2.05, 4.69) is 26.1 Å². The average molecular weight is 575 g/mol. The predicted octanol–water partition coefficient (Wildman–Crippen LogP) is 4.85. The molecule has 0 amide bonds. The van der Waals surface area contributed by atoms with Gasteiger partial charge in [0.05, 0.1) is 32.5 Å². The maximum Gasteiger partial charge on any atom is 0.264 e. The van der Waals surface area contributed by atoms with Gasteiger partial charge in [-0.1, -0.05) is 36.9 Å². The van der Waals surface area contributed by atoms with Gasteiger partial charge in [0.2, 0.25) is 0 Å². The molecule has 1 aromatic heterocycles. The van der Waals surface area contributed by atoms with Crippen molar-refractivity contribution in [1.82, 2.24) is 14.8 Å². The second-order valence-corrected chi connectivity index (χ2v) is 11.4. The third-order valence-corrected chi connectivity index (χ3v) is 8.70. The van der Waals surface area contributed by atoms with E-state index in [1.54, 1.807) is 44.7 Å². The molecule has 2 heterocycles. The van der Waals surface area contributed by atoms with Gasteiger partial charge in [0.25, 0.3) is 10.0 Å². The van der Waals surface area contributed by atoms with E-state index in [1.165, 1.54) is 7.11 Å². The summed E-state index contributed by atoms with van der Waals surface area (Å²) in [6, 6.07) is 20.0. The van der Waals surface area contributed by atoms with Crippen LogP contribution in [0.15, 0.2) is 84.4 Å². The normalized spacial score (nSPS) is 14.1. The number of anilines is 1. The van der Waals surface area contributed by atoms with E-state index in [1.807, 2.05) is 42.5 Å². The summed E-state index contributed by atoms with van der Waals surface area (Å²) in [5.74, 6) is 1.99. The number of hydrogen-bond donors (Lipinski definition) is 1. The number of ether oxygens (including phenoxy) is 3. The van der Waals surface area contributed by atoms with Crippen molar-refractivity contribution in [3.05, 3.63) is 90.6 Å². The number of pyridine rings is 1. The van der Waals surface area contributed by atoms with Gasteiger partial charge in [-0.15, -0.1) is 0 Å². The van der Waals surface area contributed by atoms with E-state index in [4.69, 9.17) is 14.2 Å². The Morgan fingerprint density at radius 2 is 1.66 bits per heavy atom. The van der Waals surface area contributed by atoms with Crippen LogP contribution < -0.4 is 18.9 Å². The molecule has 0 spiro atoms. The molecule has 0 unspecified atom stereocenters. The summed E-state index contributed by atoms with van der Waals surface area (Å²) in [4.78, 5) is 9.01. The molecule has 9 nitrogen and oxygen atoms in total. The van der Waals surface area contributed by atoms with Crippen LogP contribution in [0.1, 0.15) is 11.1 Å². The van der Waals surface area contributed by atoms with Gasteiger partial charge in [0.1, 0.15) is 22.1 Å². The first-order valence-corrected chi connectivity index (χ1v) is 14.7. The zero-order valence-corrected chi connectivity index (χ0v) is 24.3. The lowest BCUT2D eigenvalue weighted by Crippen LogP contribution is -2.44. The number of piperazine rings is 1. The van der Waals surface area contributed by atoms with Crippen molar-refractivity contribution in [2.45, 2.75) is 11.4 Å². The third kappa shape index (κ3) is 6.08. The first kappa shape index (κ1) is 28.3. The summed E-state index contributed by atoms with van der Waals surface area (Å²) in [7, 11) is 0.922. The molecule has 0 radical (unpaired) electrons. The molecule has 1 fully saturated rings. The molecule has 0 bridgehead atoms. The minimum absolute atomic E-state index is 0.108. The number of methoxy groups -OCH3 is 3. The zero-order chi connectivity index (χ0) is 29.0. The quantitative estimate of drug-likeness (QED) is 0.287. The van der Waals surface area contributed by atoms with E-state index < -0.39 is 10.0 Å². The molecule has 1 aliphatic rings. The lowest BCUT2D eigenvalue weighted by molar-refractivity contribution is 0.168. The number of sulfonamides is 1. The molecule has 4 aromatic rings. The predicted molar refractivity (Wildman–Crippen MR) is 161 cm³/mol. The SMILES string of the molecule is C=C(c1ccc(NS(=O)(=O)c2cccc3cccnc23)c(OC)c1)N1CCN(Cc2ccc(OC)cc2OC)CC1. The van der Waals surface area contributed by atoms with E-state index in [0.717, 1.165) is 66.4 Å². The molecule has 10 heteroatoms. The highest BCUT2D eigenvalue weighted by molar-refractivity contribution is 7.93. The Kier molecular flexibility index (Phi) is 8.32. The summed E-state index contributed by atoms with van der Waals surface area (Å²) in [6.45, 7) is 8.46. The van der Waals surface area contributed by atoms with Gasteiger partial charge in [-0.05, 0) is 30.3 Å². The highest BCUT2D eigenvalue weighted by Crippen LogP contribution is 2.33. The van der Waals surface area contributed by atoms with Gasteiger partial charge in [-0.25, -0.2) is 8.42 Å². The van der Waals surface area contributed by atoms with Gasteiger partial charge >= 0.3 is 0 Å². The molecule has 214 valence electrons. The Balaban J connectivity index is 1.26. The van der Waals surface area contributed by atoms with E-state index in [-0.39, 0.29) is 4.90 Å². The van der Waals surface area contributed by atoms with Gasteiger partial charge in [-0.2, -0.15) is 0 Å². The highest BCUT2D eigenvalue weighted by Gasteiger charge is 2.23. The van der Waals surface area contributed by atoms with Crippen molar-refractivity contribution < 1.29 is 22.6 Å². The summed E-state index contributed by atoms with van der Waals surface area (Å²) in [5, 5.41) is 0.747. The summed E-state index contributed by atoms with van der Waals surface area (Å²) in [5.41, 5.74) is 3.59. The Bertz CT molecular complexity index is 1660. The number of nitrogens with zero attached hydrogens (tertiary/aromatic N) is 3. The lowest BCUT2D eigenvalue weighted by Gasteiger charge is -2.37. The molecular formula is C31H34N4O5S. The molecule has 0 aliphatic carbocycles. The number of aromatic nitrogens is 1. The molecule has 1 aliphatic heterocycles. The van der Waals surface area contributed by atoms with Crippen molar-refractivity contribution >= 4 is 32.3 Å². The van der Waals surface area contributed by atoms with Crippen LogP contribution in [-0.2, 0) is 16.6 Å². The van der Waals surface area contributed by atoms with E-state index >= 15 is 0 Å². The summed E-state index contributed by atoms with van der Waals surface area (Å²) in [6.07, 6.45) is 1.58. The topological polar surface area (TPSA) is 93.2 Å². The van der Waals surface area contributed by atoms with Gasteiger partial charge in [0.15, 0.2) is 0 Å². The van der Waals surface area contributed by atoms with Crippen molar-refractivity contribution in [3.63, 3.8) is 0 Å². The number of fused-ring (bicyclic) bond motifs is 1. The monoisotopic (exact) mass is 574 g/mol. The third-order valence-electron chi connectivity index (χ3n) is 7.31. The Morgan fingerprint density at radius 1 is 0.902 bits per heavy atom. The smallest absolute Gasteiger partial charge is 0.264 e. The van der Waals surface area contributed by atoms with Crippen molar-refractivity contribution in [1.29, 1.82) is 0 Å². The molecule has 1 N–H and O–H groups in total. The Labute approximate surface area is 241 Å². The van der Waals surface area contributed by atoms with Gasteiger partial charge < -0.3 is 19.1 Å². The summed E-state index contributed by atoms with van der Waals surface area (Å²) < 4.78 is 45.8.